The van der Waals surface area contributed by atoms with Gasteiger partial charge in [0.15, 0.2) is 0 Å². The van der Waals surface area contributed by atoms with Crippen molar-refractivity contribution in [2.75, 3.05) is 44.7 Å². The molecule has 0 aromatic heterocycles. The number of rotatable bonds is 8. The van der Waals surface area contributed by atoms with Gasteiger partial charge in [-0.1, -0.05) is 30.3 Å². The summed E-state index contributed by atoms with van der Waals surface area (Å²) in [4.78, 5) is 17.2. The summed E-state index contributed by atoms with van der Waals surface area (Å²) in [6.07, 6.45) is 0. The SMILES string of the molecule is CC(CN1CCOCC1)N(CC(=O)Nc1ccc(F)cc1)Cc1ccccc1. The number of morpholine rings is 1. The molecule has 1 fully saturated rings. The van der Waals surface area contributed by atoms with E-state index in [4.69, 9.17) is 4.74 Å². The first kappa shape index (κ1) is 20.5. The third-order valence-electron chi connectivity index (χ3n) is 4.95. The van der Waals surface area contributed by atoms with Gasteiger partial charge in [-0.2, -0.15) is 0 Å². The van der Waals surface area contributed by atoms with Crippen LogP contribution in [-0.2, 0) is 16.1 Å². The fraction of sp³-hybridized carbons (Fsp3) is 0.409. The van der Waals surface area contributed by atoms with Gasteiger partial charge in [0.25, 0.3) is 0 Å². The number of anilines is 1. The molecule has 0 saturated carbocycles. The molecule has 28 heavy (non-hydrogen) atoms. The van der Waals surface area contributed by atoms with Gasteiger partial charge in [-0.05, 0) is 36.8 Å². The summed E-state index contributed by atoms with van der Waals surface area (Å²) >= 11 is 0. The summed E-state index contributed by atoms with van der Waals surface area (Å²) in [6, 6.07) is 16.2. The molecule has 2 aromatic carbocycles. The van der Waals surface area contributed by atoms with E-state index in [9.17, 15) is 9.18 Å². The number of ether oxygens (including phenoxy) is 1. The monoisotopic (exact) mass is 385 g/mol. The van der Waals surface area contributed by atoms with Gasteiger partial charge in [0.1, 0.15) is 5.82 Å². The largest absolute Gasteiger partial charge is 0.379 e. The van der Waals surface area contributed by atoms with E-state index in [-0.39, 0.29) is 24.3 Å². The molecule has 1 atom stereocenters. The second kappa shape index (κ2) is 10.3. The highest BCUT2D eigenvalue weighted by Crippen LogP contribution is 2.12. The summed E-state index contributed by atoms with van der Waals surface area (Å²) < 4.78 is 18.5. The Kier molecular flexibility index (Phi) is 7.54. The number of halogens is 1. The second-order valence-electron chi connectivity index (χ2n) is 7.21. The third kappa shape index (κ3) is 6.41. The van der Waals surface area contributed by atoms with Gasteiger partial charge in [0.2, 0.25) is 5.91 Å². The molecule has 1 aliphatic heterocycles. The molecule has 5 nitrogen and oxygen atoms in total. The molecule has 2 aromatic rings. The number of nitrogens with zero attached hydrogens (tertiary/aromatic N) is 2. The molecule has 0 radical (unpaired) electrons. The highest BCUT2D eigenvalue weighted by atomic mass is 19.1. The minimum Gasteiger partial charge on any atom is -0.379 e. The third-order valence-corrected chi connectivity index (χ3v) is 4.95. The first-order valence-corrected chi connectivity index (χ1v) is 9.73. The number of carbonyl (C=O) groups excluding carboxylic acids is 1. The molecule has 1 heterocycles. The van der Waals surface area contributed by atoms with Crippen molar-refractivity contribution in [3.05, 3.63) is 66.0 Å². The molecular formula is C22H28FN3O2. The Morgan fingerprint density at radius 2 is 1.82 bits per heavy atom. The zero-order chi connectivity index (χ0) is 19.8. The van der Waals surface area contributed by atoms with Gasteiger partial charge in [0, 0.05) is 37.9 Å². The molecular weight excluding hydrogens is 357 g/mol. The minimum atomic E-state index is -0.317. The first-order chi connectivity index (χ1) is 13.6. The molecule has 0 spiro atoms. The van der Waals surface area contributed by atoms with Gasteiger partial charge in [-0.3, -0.25) is 14.6 Å². The van der Waals surface area contributed by atoms with Crippen molar-refractivity contribution in [3.8, 4) is 0 Å². The molecule has 1 N–H and O–H groups in total. The molecule has 1 saturated heterocycles. The van der Waals surface area contributed by atoms with Crippen molar-refractivity contribution in [1.29, 1.82) is 0 Å². The van der Waals surface area contributed by atoms with Crippen LogP contribution in [0.2, 0.25) is 0 Å². The van der Waals surface area contributed by atoms with E-state index in [1.807, 2.05) is 18.2 Å². The molecule has 0 aliphatic carbocycles. The minimum absolute atomic E-state index is 0.101. The van der Waals surface area contributed by atoms with E-state index < -0.39 is 0 Å². The predicted molar refractivity (Wildman–Crippen MR) is 109 cm³/mol. The zero-order valence-corrected chi connectivity index (χ0v) is 16.3. The Hall–Kier alpha value is -2.28. The molecule has 1 amide bonds. The van der Waals surface area contributed by atoms with Crippen LogP contribution in [0, 0.1) is 5.82 Å². The Labute approximate surface area is 166 Å². The van der Waals surface area contributed by atoms with Crippen molar-refractivity contribution in [1.82, 2.24) is 9.80 Å². The second-order valence-corrected chi connectivity index (χ2v) is 7.21. The van der Waals surface area contributed by atoms with Gasteiger partial charge in [-0.25, -0.2) is 4.39 Å². The summed E-state index contributed by atoms with van der Waals surface area (Å²) in [5.41, 5.74) is 1.78. The highest BCUT2D eigenvalue weighted by molar-refractivity contribution is 5.92. The van der Waals surface area contributed by atoms with Crippen molar-refractivity contribution in [2.45, 2.75) is 19.5 Å². The van der Waals surface area contributed by atoms with E-state index in [1.54, 1.807) is 12.1 Å². The number of amides is 1. The molecule has 3 rings (SSSR count). The van der Waals surface area contributed by atoms with Gasteiger partial charge in [-0.15, -0.1) is 0 Å². The normalized spacial score (nSPS) is 16.1. The fourth-order valence-electron chi connectivity index (χ4n) is 3.38. The van der Waals surface area contributed by atoms with E-state index in [0.29, 0.717) is 12.2 Å². The van der Waals surface area contributed by atoms with Crippen molar-refractivity contribution < 1.29 is 13.9 Å². The number of hydrogen-bond acceptors (Lipinski definition) is 4. The Balaban J connectivity index is 1.63. The summed E-state index contributed by atoms with van der Waals surface area (Å²) in [6.45, 7) is 7.38. The Morgan fingerprint density at radius 1 is 1.14 bits per heavy atom. The van der Waals surface area contributed by atoms with E-state index in [1.165, 1.54) is 17.7 Å². The molecule has 150 valence electrons. The van der Waals surface area contributed by atoms with Crippen molar-refractivity contribution >= 4 is 11.6 Å². The smallest absolute Gasteiger partial charge is 0.238 e. The van der Waals surface area contributed by atoms with Crippen molar-refractivity contribution in [2.24, 2.45) is 0 Å². The number of nitrogens with one attached hydrogen (secondary N) is 1. The molecule has 6 heteroatoms. The van der Waals surface area contributed by atoms with E-state index in [2.05, 4.69) is 34.2 Å². The van der Waals surface area contributed by atoms with Crippen LogP contribution in [0.15, 0.2) is 54.6 Å². The van der Waals surface area contributed by atoms with Crippen LogP contribution in [0.5, 0.6) is 0 Å². The Morgan fingerprint density at radius 3 is 2.50 bits per heavy atom. The summed E-state index contributed by atoms with van der Waals surface area (Å²) in [5, 5.41) is 2.86. The number of benzene rings is 2. The van der Waals surface area contributed by atoms with Crippen LogP contribution in [0.4, 0.5) is 10.1 Å². The van der Waals surface area contributed by atoms with Crippen LogP contribution < -0.4 is 5.32 Å². The maximum absolute atomic E-state index is 13.1. The fourth-order valence-corrected chi connectivity index (χ4v) is 3.38. The van der Waals surface area contributed by atoms with Gasteiger partial charge in [0.05, 0.1) is 19.8 Å². The van der Waals surface area contributed by atoms with Gasteiger partial charge >= 0.3 is 0 Å². The molecule has 1 aliphatic rings. The molecule has 0 bridgehead atoms. The topological polar surface area (TPSA) is 44.8 Å². The van der Waals surface area contributed by atoms with Crippen LogP contribution >= 0.6 is 0 Å². The Bertz CT molecular complexity index is 733. The van der Waals surface area contributed by atoms with Crippen molar-refractivity contribution in [3.63, 3.8) is 0 Å². The predicted octanol–water partition coefficient (Wildman–Crippen LogP) is 2.99. The number of carbonyl (C=O) groups is 1. The lowest BCUT2D eigenvalue weighted by Crippen LogP contribution is -2.47. The quantitative estimate of drug-likeness (QED) is 0.759. The lowest BCUT2D eigenvalue weighted by molar-refractivity contribution is -0.118. The van der Waals surface area contributed by atoms with E-state index >= 15 is 0 Å². The maximum atomic E-state index is 13.1. The standard InChI is InChI=1S/C22H28FN3O2/c1-18(15-25-11-13-28-14-12-25)26(16-19-5-3-2-4-6-19)17-22(27)24-21-9-7-20(23)8-10-21/h2-10,18H,11-17H2,1H3,(H,24,27). The first-order valence-electron chi connectivity index (χ1n) is 9.73. The van der Waals surface area contributed by atoms with Crippen LogP contribution in [-0.4, -0.2) is 61.1 Å². The van der Waals surface area contributed by atoms with E-state index in [0.717, 1.165) is 32.8 Å². The zero-order valence-electron chi connectivity index (χ0n) is 16.3. The molecule has 1 unspecified atom stereocenters. The van der Waals surface area contributed by atoms with Crippen LogP contribution in [0.1, 0.15) is 12.5 Å². The summed E-state index contributed by atoms with van der Waals surface area (Å²) in [7, 11) is 0. The maximum Gasteiger partial charge on any atom is 0.238 e. The number of hydrogen-bond donors (Lipinski definition) is 1. The van der Waals surface area contributed by atoms with Crippen LogP contribution in [0.25, 0.3) is 0 Å². The lowest BCUT2D eigenvalue weighted by atomic mass is 10.1. The van der Waals surface area contributed by atoms with Gasteiger partial charge < -0.3 is 10.1 Å². The highest BCUT2D eigenvalue weighted by Gasteiger charge is 2.21. The lowest BCUT2D eigenvalue weighted by Gasteiger charge is -2.34. The van der Waals surface area contributed by atoms with Crippen LogP contribution in [0.3, 0.4) is 0 Å². The summed E-state index contributed by atoms with van der Waals surface area (Å²) in [5.74, 6) is -0.417. The average Bonchev–Trinajstić information content (AvgIpc) is 2.71. The average molecular weight is 385 g/mol.